The Bertz CT molecular complexity index is 534. The molecule has 7 heteroatoms. The van der Waals surface area contributed by atoms with Crippen molar-refractivity contribution in [2.75, 3.05) is 13.6 Å². The molecule has 1 aliphatic rings. The molecule has 0 aliphatic carbocycles. The van der Waals surface area contributed by atoms with Gasteiger partial charge in [0.1, 0.15) is 6.04 Å². The molecule has 2 rings (SSSR count). The van der Waals surface area contributed by atoms with E-state index in [4.69, 9.17) is 0 Å². The van der Waals surface area contributed by atoms with E-state index in [0.717, 1.165) is 22.2 Å². The number of amides is 2. The van der Waals surface area contributed by atoms with Crippen molar-refractivity contribution in [2.24, 2.45) is 5.92 Å². The Balaban J connectivity index is 2.07. The van der Waals surface area contributed by atoms with Crippen LogP contribution in [0.3, 0.4) is 0 Å². The third kappa shape index (κ3) is 3.77. The highest BCUT2D eigenvalue weighted by Crippen LogP contribution is 2.26. The van der Waals surface area contributed by atoms with Crippen LogP contribution < -0.4 is 0 Å². The highest BCUT2D eigenvalue weighted by atomic mass is 79.9. The minimum absolute atomic E-state index is 0.0103. The fraction of sp³-hybridized carbons (Fsp3) is 0.571. The molecule has 0 aromatic carbocycles. The third-order valence-electron chi connectivity index (χ3n) is 3.80. The summed E-state index contributed by atoms with van der Waals surface area (Å²) in [6.45, 7) is 2.89. The van der Waals surface area contributed by atoms with Gasteiger partial charge in [-0.1, -0.05) is 6.92 Å². The second-order valence-electron chi connectivity index (χ2n) is 5.49. The fourth-order valence-electron chi connectivity index (χ4n) is 2.77. The number of piperidine rings is 1. The van der Waals surface area contributed by atoms with Gasteiger partial charge in [-0.25, -0.2) is 9.59 Å². The van der Waals surface area contributed by atoms with Crippen molar-refractivity contribution in [3.63, 3.8) is 0 Å². The summed E-state index contributed by atoms with van der Waals surface area (Å²) in [7, 11) is 1.71. The first-order chi connectivity index (χ1) is 9.90. The van der Waals surface area contributed by atoms with Gasteiger partial charge in [0.2, 0.25) is 0 Å². The molecule has 1 aromatic heterocycles. The second-order valence-corrected chi connectivity index (χ2v) is 7.78. The van der Waals surface area contributed by atoms with E-state index >= 15 is 0 Å². The number of urea groups is 1. The summed E-state index contributed by atoms with van der Waals surface area (Å²) < 4.78 is 1.02. The highest BCUT2D eigenvalue weighted by molar-refractivity contribution is 9.11. The predicted octanol–water partition coefficient (Wildman–Crippen LogP) is 3.25. The minimum Gasteiger partial charge on any atom is -0.480 e. The number of carbonyl (C=O) groups is 2. The van der Waals surface area contributed by atoms with Gasteiger partial charge in [0.15, 0.2) is 0 Å². The standard InChI is InChI=1S/C14H19BrN2O3S/c1-9-4-3-5-17(12(9)13(18)19)14(20)16(2)7-10-6-11(15)21-8-10/h6,8-9,12H,3-5,7H2,1-2H3,(H,18,19). The zero-order chi connectivity index (χ0) is 15.6. The molecule has 2 unspecified atom stereocenters. The quantitative estimate of drug-likeness (QED) is 0.882. The molecule has 1 aliphatic heterocycles. The lowest BCUT2D eigenvalue weighted by Crippen LogP contribution is -2.55. The molecule has 21 heavy (non-hydrogen) atoms. The number of likely N-dealkylation sites (tertiary alicyclic amines) is 1. The second kappa shape index (κ2) is 6.79. The number of carboxylic acid groups (broad SMARTS) is 1. The Morgan fingerprint density at radius 1 is 1.57 bits per heavy atom. The molecule has 1 N–H and O–H groups in total. The average molecular weight is 375 g/mol. The molecule has 0 saturated carbocycles. The zero-order valence-corrected chi connectivity index (χ0v) is 14.5. The van der Waals surface area contributed by atoms with Crippen LogP contribution in [0.25, 0.3) is 0 Å². The van der Waals surface area contributed by atoms with Crippen molar-refractivity contribution < 1.29 is 14.7 Å². The van der Waals surface area contributed by atoms with E-state index in [1.807, 2.05) is 18.4 Å². The maximum absolute atomic E-state index is 12.5. The predicted molar refractivity (Wildman–Crippen MR) is 85.4 cm³/mol. The number of rotatable bonds is 3. The SMILES string of the molecule is CC1CCCN(C(=O)N(C)Cc2csc(Br)c2)C1C(=O)O. The van der Waals surface area contributed by atoms with Gasteiger partial charge in [-0.05, 0) is 51.7 Å². The molecule has 2 heterocycles. The summed E-state index contributed by atoms with van der Waals surface area (Å²) in [6.07, 6.45) is 1.70. The van der Waals surface area contributed by atoms with E-state index < -0.39 is 12.0 Å². The molecule has 0 radical (unpaired) electrons. The Kier molecular flexibility index (Phi) is 5.27. The van der Waals surface area contributed by atoms with Crippen LogP contribution in [0.5, 0.6) is 0 Å². The topological polar surface area (TPSA) is 60.9 Å². The number of carbonyl (C=O) groups excluding carboxylic acids is 1. The van der Waals surface area contributed by atoms with Crippen LogP contribution in [-0.2, 0) is 11.3 Å². The first kappa shape index (κ1) is 16.3. The van der Waals surface area contributed by atoms with Gasteiger partial charge in [-0.15, -0.1) is 11.3 Å². The van der Waals surface area contributed by atoms with Gasteiger partial charge in [0.25, 0.3) is 0 Å². The number of hydrogen-bond donors (Lipinski definition) is 1. The summed E-state index contributed by atoms with van der Waals surface area (Å²) >= 11 is 4.97. The highest BCUT2D eigenvalue weighted by Gasteiger charge is 2.38. The lowest BCUT2D eigenvalue weighted by molar-refractivity contribution is -0.145. The van der Waals surface area contributed by atoms with Crippen LogP contribution in [0.4, 0.5) is 4.79 Å². The van der Waals surface area contributed by atoms with E-state index in [1.54, 1.807) is 23.3 Å². The Labute approximate surface area is 136 Å². The van der Waals surface area contributed by atoms with Crippen LogP contribution in [-0.4, -0.2) is 46.5 Å². The molecular formula is C14H19BrN2O3S. The molecule has 0 spiro atoms. The van der Waals surface area contributed by atoms with Crippen LogP contribution in [0.1, 0.15) is 25.3 Å². The largest absolute Gasteiger partial charge is 0.480 e. The van der Waals surface area contributed by atoms with Gasteiger partial charge < -0.3 is 14.9 Å². The molecule has 1 saturated heterocycles. The van der Waals surface area contributed by atoms with Gasteiger partial charge >= 0.3 is 12.0 Å². The van der Waals surface area contributed by atoms with Crippen molar-refractivity contribution in [2.45, 2.75) is 32.4 Å². The molecule has 2 amide bonds. The summed E-state index contributed by atoms with van der Waals surface area (Å²) in [5.41, 5.74) is 1.04. The van der Waals surface area contributed by atoms with Gasteiger partial charge in [-0.3, -0.25) is 0 Å². The molecule has 5 nitrogen and oxygen atoms in total. The fourth-order valence-corrected chi connectivity index (χ4v) is 3.97. The number of nitrogens with zero attached hydrogens (tertiary/aromatic N) is 2. The lowest BCUT2D eigenvalue weighted by Gasteiger charge is -2.39. The number of halogens is 1. The maximum Gasteiger partial charge on any atom is 0.326 e. The van der Waals surface area contributed by atoms with E-state index in [1.165, 1.54) is 4.90 Å². The number of hydrogen-bond acceptors (Lipinski definition) is 3. The average Bonchev–Trinajstić information content (AvgIpc) is 2.82. The Morgan fingerprint density at radius 3 is 2.86 bits per heavy atom. The maximum atomic E-state index is 12.5. The first-order valence-corrected chi connectivity index (χ1v) is 8.55. The minimum atomic E-state index is -0.915. The molecule has 2 atom stereocenters. The Morgan fingerprint density at radius 2 is 2.29 bits per heavy atom. The first-order valence-electron chi connectivity index (χ1n) is 6.87. The van der Waals surface area contributed by atoms with Crippen molar-refractivity contribution in [3.8, 4) is 0 Å². The van der Waals surface area contributed by atoms with Crippen molar-refractivity contribution >= 4 is 39.3 Å². The Hall–Kier alpha value is -1.08. The lowest BCUT2D eigenvalue weighted by atomic mass is 9.91. The van der Waals surface area contributed by atoms with Gasteiger partial charge in [0, 0.05) is 20.1 Å². The third-order valence-corrected chi connectivity index (χ3v) is 5.35. The summed E-state index contributed by atoms with van der Waals surface area (Å²) in [5, 5.41) is 11.4. The van der Waals surface area contributed by atoms with Crippen molar-refractivity contribution in [3.05, 3.63) is 20.8 Å². The van der Waals surface area contributed by atoms with Crippen LogP contribution in [0.15, 0.2) is 15.2 Å². The molecule has 1 fully saturated rings. The van der Waals surface area contributed by atoms with Crippen molar-refractivity contribution in [1.82, 2.24) is 9.80 Å². The molecule has 0 bridgehead atoms. The van der Waals surface area contributed by atoms with Crippen LogP contribution in [0.2, 0.25) is 0 Å². The smallest absolute Gasteiger partial charge is 0.326 e. The van der Waals surface area contributed by atoms with Crippen LogP contribution in [0, 0.1) is 5.92 Å². The molecular weight excluding hydrogens is 356 g/mol. The zero-order valence-electron chi connectivity index (χ0n) is 12.1. The summed E-state index contributed by atoms with van der Waals surface area (Å²) in [6, 6.07) is 1.04. The summed E-state index contributed by atoms with van der Waals surface area (Å²) in [5.74, 6) is -0.925. The normalized spacial score (nSPS) is 22.1. The van der Waals surface area contributed by atoms with Gasteiger partial charge in [0.05, 0.1) is 3.79 Å². The van der Waals surface area contributed by atoms with Gasteiger partial charge in [-0.2, -0.15) is 0 Å². The van der Waals surface area contributed by atoms with E-state index in [9.17, 15) is 14.7 Å². The number of thiophene rings is 1. The molecule has 1 aromatic rings. The number of carboxylic acids is 1. The van der Waals surface area contributed by atoms with E-state index in [2.05, 4.69) is 15.9 Å². The summed E-state index contributed by atoms with van der Waals surface area (Å²) in [4.78, 5) is 27.1. The monoisotopic (exact) mass is 374 g/mol. The number of aliphatic carboxylic acids is 1. The van der Waals surface area contributed by atoms with E-state index in [-0.39, 0.29) is 11.9 Å². The van der Waals surface area contributed by atoms with Crippen LogP contribution >= 0.6 is 27.3 Å². The molecule has 116 valence electrons. The van der Waals surface area contributed by atoms with Crippen molar-refractivity contribution in [1.29, 1.82) is 0 Å². The van der Waals surface area contributed by atoms with E-state index in [0.29, 0.717) is 13.1 Å².